The van der Waals surface area contributed by atoms with Gasteiger partial charge in [0.15, 0.2) is 0 Å². The Kier molecular flexibility index (Phi) is 3.92. The summed E-state index contributed by atoms with van der Waals surface area (Å²) < 4.78 is 0. The van der Waals surface area contributed by atoms with Crippen LogP contribution in [-0.2, 0) is 9.74 Å². The molecular weight excluding hydrogens is 390 g/mol. The maximum absolute atomic E-state index is 4.15. The van der Waals surface area contributed by atoms with Crippen LogP contribution in [0.4, 0.5) is 0 Å². The van der Waals surface area contributed by atoms with Crippen molar-refractivity contribution in [2.24, 2.45) is 0 Å². The second kappa shape index (κ2) is 6.53. The molecule has 0 spiro atoms. The van der Waals surface area contributed by atoms with Crippen LogP contribution in [0.15, 0.2) is 119 Å². The smallest absolute Gasteiger partial charge is 0.123 e. The van der Waals surface area contributed by atoms with E-state index < -0.39 is 0 Å². The number of rotatable bonds is 2. The van der Waals surface area contributed by atoms with Crippen LogP contribution in [0.5, 0.6) is 0 Å². The number of thioether (sulfide) groups is 2. The van der Waals surface area contributed by atoms with Crippen LogP contribution in [0.3, 0.4) is 0 Å². The summed E-state index contributed by atoms with van der Waals surface area (Å²) in [7, 11) is 0. The first kappa shape index (κ1) is 17.4. The van der Waals surface area contributed by atoms with Gasteiger partial charge in [-0.15, -0.1) is 0 Å². The van der Waals surface area contributed by atoms with Crippen LogP contribution in [-0.4, -0.2) is 0 Å². The SMILES string of the molecule is c1ccc([C@@]23N[C@@](c4ccccc4)(Sc4ccccc42)c2ccccc2S3)cc1. The van der Waals surface area contributed by atoms with Crippen LogP contribution < -0.4 is 5.32 Å². The Balaban J connectivity index is 1.72. The van der Waals surface area contributed by atoms with Gasteiger partial charge in [-0.3, -0.25) is 5.32 Å². The fourth-order valence-electron chi connectivity index (χ4n) is 4.49. The van der Waals surface area contributed by atoms with Gasteiger partial charge < -0.3 is 0 Å². The lowest BCUT2D eigenvalue weighted by Gasteiger charge is -2.54. The third kappa shape index (κ3) is 2.48. The summed E-state index contributed by atoms with van der Waals surface area (Å²) in [6.45, 7) is 0. The molecule has 0 saturated heterocycles. The molecule has 4 aromatic carbocycles. The summed E-state index contributed by atoms with van der Waals surface area (Å²) in [5.74, 6) is 0. The highest BCUT2D eigenvalue weighted by atomic mass is 32.2. The fraction of sp³-hybridized carbons (Fsp3) is 0.0769. The molecule has 6 rings (SSSR count). The molecule has 2 aliphatic rings. The summed E-state index contributed by atoms with van der Waals surface area (Å²) in [6, 6.07) is 39.4. The van der Waals surface area contributed by atoms with Crippen molar-refractivity contribution in [3.8, 4) is 0 Å². The normalized spacial score (nSPS) is 24.4. The van der Waals surface area contributed by atoms with Crippen molar-refractivity contribution in [2.45, 2.75) is 19.5 Å². The van der Waals surface area contributed by atoms with Crippen molar-refractivity contribution in [1.29, 1.82) is 0 Å². The molecular formula is C26H19NS2. The number of nitrogens with one attached hydrogen (secondary N) is 1. The third-order valence-corrected chi connectivity index (χ3v) is 8.65. The summed E-state index contributed by atoms with van der Waals surface area (Å²) in [5, 5.41) is 4.15. The molecule has 2 aliphatic heterocycles. The minimum atomic E-state index is -0.340. The highest BCUT2D eigenvalue weighted by Crippen LogP contribution is 2.63. The highest BCUT2D eigenvalue weighted by Gasteiger charge is 2.55. The van der Waals surface area contributed by atoms with Gasteiger partial charge in [-0.2, -0.15) is 0 Å². The van der Waals surface area contributed by atoms with Crippen molar-refractivity contribution in [3.63, 3.8) is 0 Å². The maximum atomic E-state index is 4.15. The van der Waals surface area contributed by atoms with E-state index >= 15 is 0 Å². The second-order valence-corrected chi connectivity index (χ2v) is 9.93. The third-order valence-electron chi connectivity index (χ3n) is 5.77. The molecule has 3 heteroatoms. The van der Waals surface area contributed by atoms with Crippen LogP contribution in [0.2, 0.25) is 0 Å². The Morgan fingerprint density at radius 3 is 1.28 bits per heavy atom. The zero-order valence-electron chi connectivity index (χ0n) is 15.7. The first-order valence-corrected chi connectivity index (χ1v) is 11.4. The molecule has 0 saturated carbocycles. The molecule has 0 aliphatic carbocycles. The van der Waals surface area contributed by atoms with Crippen LogP contribution in [0, 0.1) is 0 Å². The van der Waals surface area contributed by atoms with Crippen LogP contribution >= 0.6 is 23.5 Å². The van der Waals surface area contributed by atoms with Gasteiger partial charge >= 0.3 is 0 Å². The molecule has 4 aromatic rings. The van der Waals surface area contributed by atoms with Gasteiger partial charge in [-0.25, -0.2) is 0 Å². The Morgan fingerprint density at radius 1 is 0.448 bits per heavy atom. The lowest BCUT2D eigenvalue weighted by molar-refractivity contribution is 0.432. The molecule has 0 aromatic heterocycles. The van der Waals surface area contributed by atoms with Crippen molar-refractivity contribution in [3.05, 3.63) is 131 Å². The zero-order valence-corrected chi connectivity index (χ0v) is 17.3. The average molecular weight is 410 g/mol. The van der Waals surface area contributed by atoms with Crippen molar-refractivity contribution >= 4 is 23.5 Å². The van der Waals surface area contributed by atoms with Crippen LogP contribution in [0.1, 0.15) is 22.3 Å². The van der Waals surface area contributed by atoms with E-state index in [2.05, 4.69) is 115 Å². The van der Waals surface area contributed by atoms with Crippen molar-refractivity contribution in [1.82, 2.24) is 5.32 Å². The quantitative estimate of drug-likeness (QED) is 0.401. The van der Waals surface area contributed by atoms with E-state index in [1.54, 1.807) is 0 Å². The molecule has 1 N–H and O–H groups in total. The van der Waals surface area contributed by atoms with Gasteiger partial charge in [0, 0.05) is 20.9 Å². The lowest BCUT2D eigenvalue weighted by atomic mass is 9.90. The highest BCUT2D eigenvalue weighted by molar-refractivity contribution is 8.02. The number of fused-ring (bicyclic) bond motifs is 6. The number of hydrogen-bond donors (Lipinski definition) is 1. The van der Waals surface area contributed by atoms with E-state index in [-0.39, 0.29) is 9.74 Å². The van der Waals surface area contributed by atoms with E-state index in [9.17, 15) is 0 Å². The van der Waals surface area contributed by atoms with Gasteiger partial charge in [0.05, 0.1) is 0 Å². The monoisotopic (exact) mass is 409 g/mol. The zero-order chi connectivity index (χ0) is 19.3. The molecule has 2 bridgehead atoms. The van der Waals surface area contributed by atoms with E-state index in [1.165, 1.54) is 32.0 Å². The van der Waals surface area contributed by atoms with Gasteiger partial charge in [0.1, 0.15) is 9.74 Å². The van der Waals surface area contributed by atoms with E-state index in [0.717, 1.165) is 0 Å². The average Bonchev–Trinajstić information content (AvgIpc) is 2.80. The standard InChI is InChI=1S/C26H19NS2/c1-3-11-19(12-4-1)25-21-15-7-9-17-23(21)29-26(27-25,20-13-5-2-6-14-20)22-16-8-10-18-24(22)28-25/h1-18,27H/t25-,26-/m0/s1. The summed E-state index contributed by atoms with van der Waals surface area (Å²) in [6.07, 6.45) is 0. The van der Waals surface area contributed by atoms with Gasteiger partial charge in [-0.05, 0) is 23.3 Å². The van der Waals surface area contributed by atoms with Crippen LogP contribution in [0.25, 0.3) is 0 Å². The van der Waals surface area contributed by atoms with E-state index in [1.807, 2.05) is 23.5 Å². The van der Waals surface area contributed by atoms with Gasteiger partial charge in [0.25, 0.3) is 0 Å². The molecule has 2 atom stereocenters. The second-order valence-electron chi connectivity index (χ2n) is 7.42. The van der Waals surface area contributed by atoms with Gasteiger partial charge in [-0.1, -0.05) is 121 Å². The fourth-order valence-corrected chi connectivity index (χ4v) is 7.79. The minimum absolute atomic E-state index is 0.340. The van der Waals surface area contributed by atoms with Crippen molar-refractivity contribution < 1.29 is 0 Å². The molecule has 140 valence electrons. The Hall–Kier alpha value is -2.46. The summed E-state index contributed by atoms with van der Waals surface area (Å²) in [5.41, 5.74) is 5.24. The Labute approximate surface area is 179 Å². The largest absolute Gasteiger partial charge is 0.273 e. The van der Waals surface area contributed by atoms with Gasteiger partial charge in [0.2, 0.25) is 0 Å². The summed E-state index contributed by atoms with van der Waals surface area (Å²) in [4.78, 5) is 1.99. The number of benzene rings is 4. The molecule has 0 fully saturated rings. The Morgan fingerprint density at radius 2 is 0.828 bits per heavy atom. The number of hydrogen-bond acceptors (Lipinski definition) is 3. The summed E-state index contributed by atoms with van der Waals surface area (Å²) >= 11 is 3.85. The minimum Gasteiger partial charge on any atom is -0.273 e. The predicted molar refractivity (Wildman–Crippen MR) is 122 cm³/mol. The molecule has 0 unspecified atom stereocenters. The molecule has 29 heavy (non-hydrogen) atoms. The molecule has 1 nitrogen and oxygen atoms in total. The molecule has 0 radical (unpaired) electrons. The topological polar surface area (TPSA) is 12.0 Å². The maximum Gasteiger partial charge on any atom is 0.123 e. The van der Waals surface area contributed by atoms with E-state index in [0.29, 0.717) is 0 Å². The Bertz CT molecular complexity index is 1100. The molecule has 0 amide bonds. The first-order chi connectivity index (χ1) is 14.3. The van der Waals surface area contributed by atoms with E-state index in [4.69, 9.17) is 0 Å². The van der Waals surface area contributed by atoms with Crippen molar-refractivity contribution in [2.75, 3.05) is 0 Å². The molecule has 2 heterocycles. The predicted octanol–water partition coefficient (Wildman–Crippen LogP) is 6.59. The first-order valence-electron chi connectivity index (χ1n) is 9.79. The lowest BCUT2D eigenvalue weighted by Crippen LogP contribution is -2.57.